The topological polar surface area (TPSA) is 222 Å². The molecule has 69 heavy (non-hydrogen) atoms. The second kappa shape index (κ2) is 26.0. The number of allylic oxidation sites excluding steroid dienone is 6. The van der Waals surface area contributed by atoms with E-state index in [1.165, 1.54) is 32.1 Å². The van der Waals surface area contributed by atoms with Crippen molar-refractivity contribution in [3.63, 3.8) is 0 Å². The summed E-state index contributed by atoms with van der Waals surface area (Å²) >= 11 is 0. The molecule has 3 N–H and O–H groups in total. The van der Waals surface area contributed by atoms with Crippen LogP contribution in [0.2, 0.25) is 0 Å². The number of esters is 2. The molecule has 2 unspecified atom stereocenters. The standard InChI is InChI=1S/C53H81NO15/c1-31-17-13-12-14-18-32(2)42(64-8)28-38-22-20-36(6)53(63,69-38)48(59)49(60)54-24-16-15-19-39(54)50(61)68-43(34(4)26-37-21-23-40(55)44(27-37)65-9)29-41(56)33(3)25-35(5)45(57)46(66-10)47(58)52(7,30-31)51(62)67-11/h12-14,17-18,25,31,33-34,36-40,42-46,55,57,63H,15-16,19-24,26-30H2,1-11H3/b14-12+,17-13+,32-18+,35-25+/t31-,33-,34-,36-,37+,38+,39+,40-,42+,43+,44-,45-,46?,52?,53-/m1/s1. The van der Waals surface area contributed by atoms with Crippen molar-refractivity contribution >= 4 is 35.2 Å². The number of piperidine rings is 1. The van der Waals surface area contributed by atoms with Crippen molar-refractivity contribution in [1.82, 2.24) is 4.90 Å². The maximum absolute atomic E-state index is 14.4. The normalized spacial score (nSPS) is 39.7. The number of carbonyl (C=O) groups excluding carboxylic acids is 6. The molecule has 15 atom stereocenters. The smallest absolute Gasteiger partial charge is 0.329 e. The van der Waals surface area contributed by atoms with Gasteiger partial charge in [-0.3, -0.25) is 24.0 Å². The first-order valence-corrected chi connectivity index (χ1v) is 24.8. The minimum absolute atomic E-state index is 0.0264. The van der Waals surface area contributed by atoms with E-state index in [1.54, 1.807) is 53.2 Å². The van der Waals surface area contributed by atoms with Gasteiger partial charge in [0, 0.05) is 52.6 Å². The molecule has 0 radical (unpaired) electrons. The zero-order chi connectivity index (χ0) is 51.4. The molecule has 0 spiro atoms. The molecule has 3 heterocycles. The molecule has 2 bridgehead atoms. The number of methoxy groups -OCH3 is 4. The Morgan fingerprint density at radius 2 is 1.59 bits per heavy atom. The van der Waals surface area contributed by atoms with Crippen molar-refractivity contribution in [2.24, 2.45) is 35.0 Å². The Kier molecular flexibility index (Phi) is 21.7. The number of ether oxygens (including phenoxy) is 6. The largest absolute Gasteiger partial charge is 0.468 e. The number of amides is 1. The van der Waals surface area contributed by atoms with Gasteiger partial charge in [0.25, 0.3) is 11.7 Å². The molecule has 4 aliphatic rings. The molecular weight excluding hydrogens is 891 g/mol. The second-order valence-electron chi connectivity index (χ2n) is 20.4. The number of aliphatic hydroxyl groups is 3. The highest BCUT2D eigenvalue weighted by molar-refractivity contribution is 6.39. The molecule has 1 aliphatic carbocycles. The Morgan fingerprint density at radius 1 is 0.884 bits per heavy atom. The fraction of sp³-hybridized carbons (Fsp3) is 0.736. The van der Waals surface area contributed by atoms with Crippen LogP contribution >= 0.6 is 0 Å². The van der Waals surface area contributed by atoms with E-state index in [0.717, 1.165) is 5.57 Å². The van der Waals surface area contributed by atoms with Crippen molar-refractivity contribution in [3.8, 4) is 0 Å². The predicted octanol–water partition coefficient (Wildman–Crippen LogP) is 5.72. The van der Waals surface area contributed by atoms with Crippen LogP contribution in [0, 0.1) is 35.0 Å². The number of carbonyl (C=O) groups is 6. The van der Waals surface area contributed by atoms with E-state index < -0.39 is 95.1 Å². The Balaban J connectivity index is 1.76. The number of Topliss-reactive ketones (excluding diaryl/α,β-unsaturated/α-hetero) is 3. The Bertz CT molecular complexity index is 1930. The molecule has 4 rings (SSSR count). The maximum Gasteiger partial charge on any atom is 0.329 e. The lowest BCUT2D eigenvalue weighted by atomic mass is 9.74. The average molecular weight is 972 g/mol. The van der Waals surface area contributed by atoms with Crippen LogP contribution in [0.3, 0.4) is 0 Å². The average Bonchev–Trinajstić information content (AvgIpc) is 3.33. The molecule has 1 amide bonds. The monoisotopic (exact) mass is 972 g/mol. The highest BCUT2D eigenvalue weighted by Gasteiger charge is 2.53. The second-order valence-corrected chi connectivity index (χ2v) is 20.4. The molecule has 0 aromatic heterocycles. The fourth-order valence-electron chi connectivity index (χ4n) is 10.6. The quantitative estimate of drug-likeness (QED) is 0.120. The Hall–Kier alpha value is -3.90. The number of rotatable bonds is 7. The van der Waals surface area contributed by atoms with Gasteiger partial charge in [0.1, 0.15) is 35.6 Å². The van der Waals surface area contributed by atoms with Crippen molar-refractivity contribution in [1.29, 1.82) is 0 Å². The van der Waals surface area contributed by atoms with Crippen LogP contribution in [-0.4, -0.2) is 145 Å². The lowest BCUT2D eigenvalue weighted by Crippen LogP contribution is -2.61. The van der Waals surface area contributed by atoms with Crippen LogP contribution in [0.5, 0.6) is 0 Å². The van der Waals surface area contributed by atoms with Crippen LogP contribution in [0.25, 0.3) is 0 Å². The number of aliphatic hydroxyl groups excluding tert-OH is 2. The number of cyclic esters (lactones) is 1. The molecule has 3 fully saturated rings. The summed E-state index contributed by atoms with van der Waals surface area (Å²) in [6, 6.07) is -1.18. The van der Waals surface area contributed by atoms with Crippen LogP contribution in [0.1, 0.15) is 126 Å². The first-order valence-electron chi connectivity index (χ1n) is 24.8. The summed E-state index contributed by atoms with van der Waals surface area (Å²) in [5.41, 5.74) is -0.668. The van der Waals surface area contributed by atoms with Gasteiger partial charge < -0.3 is 48.6 Å². The number of fused-ring (bicyclic) bond motifs is 3. The first kappa shape index (κ1) is 57.7. The number of nitrogens with zero attached hydrogens (tertiary/aromatic N) is 1. The number of ketones is 3. The Labute approximate surface area is 409 Å². The van der Waals surface area contributed by atoms with Crippen LogP contribution in [-0.2, 0) is 57.2 Å². The van der Waals surface area contributed by atoms with Gasteiger partial charge in [-0.15, -0.1) is 0 Å². The first-order chi connectivity index (χ1) is 32.6. The lowest BCUT2D eigenvalue weighted by molar-refractivity contribution is -0.265. The summed E-state index contributed by atoms with van der Waals surface area (Å²) < 4.78 is 34.5. The molecule has 3 aliphatic heterocycles. The summed E-state index contributed by atoms with van der Waals surface area (Å²) in [6.45, 7) is 12.0. The third kappa shape index (κ3) is 14.4. The van der Waals surface area contributed by atoms with Crippen LogP contribution < -0.4 is 0 Å². The van der Waals surface area contributed by atoms with E-state index >= 15 is 0 Å². The van der Waals surface area contributed by atoms with Crippen LogP contribution in [0.15, 0.2) is 47.6 Å². The van der Waals surface area contributed by atoms with Crippen molar-refractivity contribution < 1.29 is 72.5 Å². The fourth-order valence-corrected chi connectivity index (χ4v) is 10.6. The van der Waals surface area contributed by atoms with E-state index in [4.69, 9.17) is 28.4 Å². The summed E-state index contributed by atoms with van der Waals surface area (Å²) in [7, 11) is 5.54. The maximum atomic E-state index is 14.4. The van der Waals surface area contributed by atoms with E-state index in [9.17, 15) is 44.1 Å². The molecular formula is C53H81NO15. The summed E-state index contributed by atoms with van der Waals surface area (Å²) in [4.78, 5) is 86.0. The van der Waals surface area contributed by atoms with Gasteiger partial charge in [0.2, 0.25) is 5.79 Å². The van der Waals surface area contributed by atoms with Crippen LogP contribution in [0.4, 0.5) is 0 Å². The molecule has 1 saturated carbocycles. The third-order valence-electron chi connectivity index (χ3n) is 15.2. The highest BCUT2D eigenvalue weighted by Crippen LogP contribution is 2.38. The molecule has 0 aromatic rings. The van der Waals surface area contributed by atoms with Gasteiger partial charge in [-0.05, 0) is 114 Å². The van der Waals surface area contributed by atoms with E-state index in [1.807, 2.05) is 32.9 Å². The zero-order valence-electron chi connectivity index (χ0n) is 42.8. The van der Waals surface area contributed by atoms with E-state index in [2.05, 4.69) is 0 Å². The SMILES string of the molecule is COC(=O)C1(C)C[C@H](C)/C=C/C=C/C=C(\C)[C@@H](OC)C[C@@H]2CC[C@@H](C)[C@@](O)(O2)C(=O)C(=O)N2CCCC[C@H]2C(=O)O[C@H]([C@H](C)C[C@@H]2CC[C@@H](O)[C@H](OC)C2)CC(=O)[C@H](C)/C=C(\C)[C@@H](O)C(OC)C1=O. The summed E-state index contributed by atoms with van der Waals surface area (Å²) in [6.07, 6.45) is 8.90. The minimum atomic E-state index is -2.46. The van der Waals surface area contributed by atoms with Gasteiger partial charge in [-0.2, -0.15) is 0 Å². The number of hydrogen-bond acceptors (Lipinski definition) is 15. The van der Waals surface area contributed by atoms with Gasteiger partial charge in [0.05, 0.1) is 31.5 Å². The molecule has 16 nitrogen and oxygen atoms in total. The van der Waals surface area contributed by atoms with Gasteiger partial charge in [-0.1, -0.05) is 64.2 Å². The van der Waals surface area contributed by atoms with E-state index in [0.29, 0.717) is 51.4 Å². The van der Waals surface area contributed by atoms with Crippen molar-refractivity contribution in [2.75, 3.05) is 35.0 Å². The highest BCUT2D eigenvalue weighted by atomic mass is 16.6. The molecule has 16 heteroatoms. The van der Waals surface area contributed by atoms with E-state index in [-0.39, 0.29) is 67.4 Å². The number of hydrogen-bond donors (Lipinski definition) is 3. The molecule has 2 saturated heterocycles. The van der Waals surface area contributed by atoms with Gasteiger partial charge in [-0.25, -0.2) is 4.79 Å². The lowest BCUT2D eigenvalue weighted by Gasteiger charge is -2.42. The zero-order valence-corrected chi connectivity index (χ0v) is 42.8. The predicted molar refractivity (Wildman–Crippen MR) is 256 cm³/mol. The third-order valence-corrected chi connectivity index (χ3v) is 15.2. The summed E-state index contributed by atoms with van der Waals surface area (Å²) in [5, 5.41) is 34.1. The summed E-state index contributed by atoms with van der Waals surface area (Å²) in [5.74, 6) is -9.52. The minimum Gasteiger partial charge on any atom is -0.468 e. The van der Waals surface area contributed by atoms with Gasteiger partial charge >= 0.3 is 11.9 Å². The van der Waals surface area contributed by atoms with Crippen molar-refractivity contribution in [3.05, 3.63) is 47.6 Å². The Morgan fingerprint density at radius 3 is 2.25 bits per heavy atom. The van der Waals surface area contributed by atoms with Gasteiger partial charge in [0.15, 0.2) is 5.78 Å². The molecule has 0 aromatic carbocycles. The van der Waals surface area contributed by atoms with Crippen molar-refractivity contribution in [2.45, 2.75) is 180 Å². The molecule has 388 valence electrons.